The van der Waals surface area contributed by atoms with Gasteiger partial charge in [-0.3, -0.25) is 24.2 Å². The van der Waals surface area contributed by atoms with Crippen LogP contribution in [0.1, 0.15) is 25.6 Å². The number of aliphatic hydroxyl groups excluding tert-OH is 1. The van der Waals surface area contributed by atoms with E-state index in [0.717, 1.165) is 19.4 Å². The Morgan fingerprint density at radius 1 is 1.13 bits per heavy atom. The number of carbonyl (C=O) groups excluding carboxylic acids is 2. The van der Waals surface area contributed by atoms with Gasteiger partial charge in [-0.1, -0.05) is 43.5 Å². The normalized spacial score (nSPS) is 20.3. The lowest BCUT2D eigenvalue weighted by atomic mass is 10.1. The highest BCUT2D eigenvalue weighted by molar-refractivity contribution is 7.52. The van der Waals surface area contributed by atoms with Gasteiger partial charge < -0.3 is 38.1 Å². The van der Waals surface area contributed by atoms with E-state index in [-0.39, 0.29) is 23.9 Å². The number of hydrogen-bond acceptors (Lipinski definition) is 15. The van der Waals surface area contributed by atoms with E-state index in [1.54, 1.807) is 30.3 Å². The van der Waals surface area contributed by atoms with Gasteiger partial charge in [-0.2, -0.15) is 18.9 Å². The largest absolute Gasteiger partial charge is 0.494 e. The average molecular weight is 782 g/mol. The molecule has 3 unspecified atom stereocenters. The second kappa shape index (κ2) is 17.7. The summed E-state index contributed by atoms with van der Waals surface area (Å²) in [6, 6.07) is 11.2. The molecule has 0 bridgehead atoms. The van der Waals surface area contributed by atoms with Crippen molar-refractivity contribution in [3.05, 3.63) is 108 Å². The summed E-state index contributed by atoms with van der Waals surface area (Å²) in [4.78, 5) is 45.5. The Bertz CT molecular complexity index is 1910. The van der Waals surface area contributed by atoms with Crippen LogP contribution in [0.4, 0.5) is 19.4 Å². The highest BCUT2D eigenvalue weighted by Crippen LogP contribution is 2.48. The van der Waals surface area contributed by atoms with Crippen molar-refractivity contribution in [1.29, 1.82) is 0 Å². The van der Waals surface area contributed by atoms with E-state index < -0.39 is 74.3 Å². The number of nitrogens with one attached hydrogen (secondary N) is 2. The van der Waals surface area contributed by atoms with Gasteiger partial charge in [0, 0.05) is 26.4 Å². The van der Waals surface area contributed by atoms with E-state index in [4.69, 9.17) is 37.5 Å². The highest BCUT2D eigenvalue weighted by Gasteiger charge is 2.60. The van der Waals surface area contributed by atoms with Crippen LogP contribution in [0.25, 0.3) is 0 Å². The van der Waals surface area contributed by atoms with Crippen LogP contribution in [0.5, 0.6) is 5.75 Å². The van der Waals surface area contributed by atoms with E-state index in [0.29, 0.717) is 10.1 Å². The molecule has 1 fully saturated rings. The Kier molecular flexibility index (Phi) is 13.6. The van der Waals surface area contributed by atoms with Crippen LogP contribution in [-0.2, 0) is 48.9 Å². The third kappa shape index (κ3) is 10.7. The summed E-state index contributed by atoms with van der Waals surface area (Å²) in [5, 5.41) is 15.1. The molecule has 2 aromatic heterocycles. The van der Waals surface area contributed by atoms with Gasteiger partial charge in [0.15, 0.2) is 17.6 Å². The quantitative estimate of drug-likeness (QED) is 0.0546. The summed E-state index contributed by atoms with van der Waals surface area (Å²) in [6.45, 7) is 8.54. The first-order valence-electron chi connectivity index (χ1n) is 15.8. The number of halogens is 2. The van der Waals surface area contributed by atoms with Crippen molar-refractivity contribution >= 4 is 25.6 Å². The van der Waals surface area contributed by atoms with E-state index in [9.17, 15) is 24.1 Å². The fourth-order valence-corrected chi connectivity index (χ4v) is 6.00. The number of hydrogen-bond donors (Lipinski definition) is 3. The summed E-state index contributed by atoms with van der Waals surface area (Å²) in [5.41, 5.74) is -0.653. The number of amides is 1. The number of esters is 1. The molecule has 0 radical (unpaired) electrons. The number of alkyl halides is 2. The number of aliphatic hydroxyl groups is 1. The van der Waals surface area contributed by atoms with Crippen molar-refractivity contribution in [3.8, 4) is 5.75 Å². The number of nitrogens with zero attached hydrogens (tertiary/aromatic N) is 3. The molecule has 1 aliphatic rings. The zero-order chi connectivity index (χ0) is 39.7. The van der Waals surface area contributed by atoms with Crippen LogP contribution in [0.3, 0.4) is 0 Å². The molecule has 0 spiro atoms. The first kappa shape index (κ1) is 41.5. The molecule has 21 heteroatoms. The van der Waals surface area contributed by atoms with Crippen molar-refractivity contribution < 1.29 is 65.5 Å². The van der Waals surface area contributed by atoms with Crippen LogP contribution in [0.15, 0.2) is 96.6 Å². The highest BCUT2D eigenvalue weighted by atomic mass is 31.2. The first-order chi connectivity index (χ1) is 25.5. The van der Waals surface area contributed by atoms with Crippen LogP contribution in [-0.4, -0.2) is 82.7 Å². The fraction of sp³-hybridized carbons (Fsp3) is 0.364. The Morgan fingerprint density at radius 3 is 2.48 bits per heavy atom. The topological polar surface area (TPSA) is 217 Å². The van der Waals surface area contributed by atoms with Gasteiger partial charge in [0.25, 0.3) is 0 Å². The fourth-order valence-electron chi connectivity index (χ4n) is 4.51. The number of ether oxygens (including phenoxy) is 6. The standard InChI is InChI=1S/C33H38F2N5O13P/c1-20(28(42)48-18-23-11-8-7-9-12-23)39-54(45,53-24-13-10-15-36-17-24)49-19-25-27(41)33(34,35)29(50-25)40-16-14-26(37-30(40)43)38-31(44)52-32(4,47-6)51-22(3)21(2)46-5/h7-17,20,25,27,29,41H,2-3,18-19H2,1,4-6H3,(H,39,45)(H,37,38,43,44)/t20-,25?,27+,29+,32?,54?/m0/s1. The lowest BCUT2D eigenvalue weighted by Crippen LogP contribution is -2.42. The number of rotatable bonds is 18. The molecular weight excluding hydrogens is 743 g/mol. The molecule has 1 amide bonds. The zero-order valence-electron chi connectivity index (χ0n) is 29.4. The Labute approximate surface area is 307 Å². The minimum absolute atomic E-state index is 0.00695. The SMILES string of the molecule is C=C(OC)C(=C)OC(C)(OC)OC(=O)Nc1ccn([C@@H]2OC(COP(=O)(N[C@@H](C)C(=O)OCc3ccccc3)Oc3cccnc3)[C@@H](O)C2(F)F)c(=O)n1. The molecule has 1 saturated heterocycles. The second-order valence-electron chi connectivity index (χ2n) is 11.4. The Balaban J connectivity index is 1.44. The third-order valence-electron chi connectivity index (χ3n) is 7.41. The maximum absolute atomic E-state index is 15.4. The molecule has 0 saturated carbocycles. The number of aromatic nitrogens is 3. The summed E-state index contributed by atoms with van der Waals surface area (Å²) < 4.78 is 86.9. The minimum atomic E-state index is -4.61. The lowest BCUT2D eigenvalue weighted by molar-refractivity contribution is -0.315. The van der Waals surface area contributed by atoms with Gasteiger partial charge in [0.2, 0.25) is 6.23 Å². The molecule has 1 aromatic carbocycles. The first-order valence-corrected chi connectivity index (χ1v) is 17.3. The van der Waals surface area contributed by atoms with Gasteiger partial charge >= 0.3 is 37.4 Å². The van der Waals surface area contributed by atoms with Gasteiger partial charge in [-0.15, -0.1) is 0 Å². The van der Waals surface area contributed by atoms with Crippen LogP contribution >= 0.6 is 7.75 Å². The molecular formula is C33H38F2N5O13P. The van der Waals surface area contributed by atoms with Crippen LogP contribution in [0, 0.1) is 0 Å². The second-order valence-corrected chi connectivity index (χ2v) is 13.1. The maximum atomic E-state index is 15.4. The molecule has 18 nitrogen and oxygen atoms in total. The van der Waals surface area contributed by atoms with Crippen molar-refractivity contribution in [1.82, 2.24) is 19.6 Å². The average Bonchev–Trinajstić information content (AvgIpc) is 3.36. The van der Waals surface area contributed by atoms with Crippen LogP contribution in [0.2, 0.25) is 0 Å². The third-order valence-corrected chi connectivity index (χ3v) is 9.05. The summed E-state index contributed by atoms with van der Waals surface area (Å²) in [5.74, 6) is -7.66. The number of anilines is 1. The molecule has 3 N–H and O–H groups in total. The molecule has 6 atom stereocenters. The predicted molar refractivity (Wildman–Crippen MR) is 183 cm³/mol. The molecule has 0 aliphatic carbocycles. The van der Waals surface area contributed by atoms with Crippen molar-refractivity contribution in [2.24, 2.45) is 0 Å². The Morgan fingerprint density at radius 2 is 1.85 bits per heavy atom. The number of methoxy groups -OCH3 is 2. The molecule has 4 rings (SSSR count). The van der Waals surface area contributed by atoms with E-state index in [2.05, 4.69) is 33.5 Å². The van der Waals surface area contributed by atoms with Crippen molar-refractivity contribution in [3.63, 3.8) is 0 Å². The zero-order valence-corrected chi connectivity index (χ0v) is 30.3. The van der Waals surface area contributed by atoms with Crippen molar-refractivity contribution in [2.45, 2.75) is 56.8 Å². The predicted octanol–water partition coefficient (Wildman–Crippen LogP) is 4.02. The van der Waals surface area contributed by atoms with E-state index in [1.807, 2.05) is 0 Å². The van der Waals surface area contributed by atoms with Gasteiger partial charge in [0.05, 0.1) is 19.9 Å². The smallest absolute Gasteiger partial charge is 0.459 e. The molecule has 3 heterocycles. The number of benzene rings is 1. The summed E-state index contributed by atoms with van der Waals surface area (Å²) in [6.07, 6.45) is -4.77. The minimum Gasteiger partial charge on any atom is -0.494 e. The maximum Gasteiger partial charge on any atom is 0.459 e. The van der Waals surface area contributed by atoms with Crippen LogP contribution < -0.4 is 20.6 Å². The van der Waals surface area contributed by atoms with E-state index in [1.165, 1.54) is 45.5 Å². The number of carbonyl (C=O) groups is 2. The summed E-state index contributed by atoms with van der Waals surface area (Å²) in [7, 11) is -2.16. The van der Waals surface area contributed by atoms with Gasteiger partial charge in [-0.05, 0) is 30.7 Å². The molecule has 3 aromatic rings. The van der Waals surface area contributed by atoms with Gasteiger partial charge in [-0.25, -0.2) is 14.2 Å². The summed E-state index contributed by atoms with van der Waals surface area (Å²) >= 11 is 0. The molecule has 54 heavy (non-hydrogen) atoms. The van der Waals surface area contributed by atoms with Gasteiger partial charge in [0.1, 0.15) is 30.3 Å². The molecule has 1 aliphatic heterocycles. The number of pyridine rings is 1. The lowest BCUT2D eigenvalue weighted by Gasteiger charge is -2.28. The Hall–Kier alpha value is -5.24. The van der Waals surface area contributed by atoms with E-state index >= 15 is 8.78 Å². The molecule has 292 valence electrons. The van der Waals surface area contributed by atoms with Crippen molar-refractivity contribution in [2.75, 3.05) is 26.1 Å². The monoisotopic (exact) mass is 781 g/mol.